The van der Waals surface area contributed by atoms with Gasteiger partial charge in [0.15, 0.2) is 5.01 Å². The number of fused-ring (bicyclic) bond motifs is 1. The quantitative estimate of drug-likeness (QED) is 0.259. The molecular formula is C24H31N3O4SSi. The third-order valence-corrected chi connectivity index (χ3v) is 8.72. The van der Waals surface area contributed by atoms with Crippen LogP contribution < -0.4 is 0 Å². The van der Waals surface area contributed by atoms with Gasteiger partial charge in [0, 0.05) is 50.7 Å². The first kappa shape index (κ1) is 23.7. The molecule has 1 saturated heterocycles. The minimum absolute atomic E-state index is 0.0775. The molecule has 1 N–H and O–H groups in total. The molecule has 176 valence electrons. The van der Waals surface area contributed by atoms with E-state index in [0.717, 1.165) is 42.1 Å². The van der Waals surface area contributed by atoms with E-state index in [1.165, 1.54) is 16.2 Å². The Bertz CT molecular complexity index is 1140. The molecule has 2 aromatic heterocycles. The number of hydrogen-bond acceptors (Lipinski definition) is 5. The second kappa shape index (κ2) is 9.78. The number of likely N-dealkylation sites (tertiary alicyclic amines) is 1. The number of rotatable bonds is 8. The largest absolute Gasteiger partial charge is 0.465 e. The van der Waals surface area contributed by atoms with Crippen LogP contribution in [-0.4, -0.2) is 59.2 Å². The van der Waals surface area contributed by atoms with Gasteiger partial charge in [0.2, 0.25) is 5.78 Å². The molecule has 7 nitrogen and oxygen atoms in total. The van der Waals surface area contributed by atoms with E-state index in [-0.39, 0.29) is 11.7 Å². The van der Waals surface area contributed by atoms with Gasteiger partial charge in [-0.1, -0.05) is 37.8 Å². The van der Waals surface area contributed by atoms with Crippen LogP contribution >= 0.6 is 11.3 Å². The highest BCUT2D eigenvalue weighted by Gasteiger charge is 2.26. The minimum Gasteiger partial charge on any atom is -0.465 e. The Hall–Kier alpha value is -2.49. The number of ketones is 1. The average Bonchev–Trinajstić information content (AvgIpc) is 3.41. The third-order valence-electron chi connectivity index (χ3n) is 6.16. The lowest BCUT2D eigenvalue weighted by molar-refractivity contribution is 0.0899. The zero-order valence-electron chi connectivity index (χ0n) is 19.4. The van der Waals surface area contributed by atoms with Crippen LogP contribution in [0, 0.1) is 0 Å². The lowest BCUT2D eigenvalue weighted by atomic mass is 9.94. The summed E-state index contributed by atoms with van der Waals surface area (Å²) in [5.74, 6) is 0.116. The zero-order valence-corrected chi connectivity index (χ0v) is 21.2. The fraction of sp³-hybridized carbons (Fsp3) is 0.458. The molecule has 33 heavy (non-hydrogen) atoms. The number of carbonyl (C=O) groups is 2. The highest BCUT2D eigenvalue weighted by Crippen LogP contribution is 2.31. The summed E-state index contributed by atoms with van der Waals surface area (Å²) in [5.41, 5.74) is 2.51. The summed E-state index contributed by atoms with van der Waals surface area (Å²) in [5, 5.41) is 12.5. The van der Waals surface area contributed by atoms with Gasteiger partial charge in [-0.15, -0.1) is 11.3 Å². The highest BCUT2D eigenvalue weighted by molar-refractivity contribution is 7.12. The van der Waals surface area contributed by atoms with Crippen LogP contribution in [0.2, 0.25) is 25.7 Å². The van der Waals surface area contributed by atoms with Crippen molar-refractivity contribution in [3.8, 4) is 0 Å². The summed E-state index contributed by atoms with van der Waals surface area (Å²) in [7, 11) is -1.15. The number of carboxylic acid groups (broad SMARTS) is 1. The fourth-order valence-electron chi connectivity index (χ4n) is 4.14. The number of hydrogen-bond donors (Lipinski definition) is 1. The molecule has 0 radical (unpaired) electrons. The van der Waals surface area contributed by atoms with Gasteiger partial charge in [-0.25, -0.2) is 9.78 Å². The van der Waals surface area contributed by atoms with Crippen LogP contribution in [0.15, 0.2) is 35.8 Å². The van der Waals surface area contributed by atoms with Crippen LogP contribution in [0.1, 0.15) is 39.8 Å². The van der Waals surface area contributed by atoms with Crippen molar-refractivity contribution in [1.29, 1.82) is 0 Å². The topological polar surface area (TPSA) is 84.7 Å². The molecule has 0 saturated carbocycles. The monoisotopic (exact) mass is 485 g/mol. The van der Waals surface area contributed by atoms with Gasteiger partial charge in [-0.3, -0.25) is 4.79 Å². The van der Waals surface area contributed by atoms with E-state index in [9.17, 15) is 9.59 Å². The van der Waals surface area contributed by atoms with Gasteiger partial charge in [0.1, 0.15) is 6.73 Å². The predicted octanol–water partition coefficient (Wildman–Crippen LogP) is 5.50. The molecule has 9 heteroatoms. The van der Waals surface area contributed by atoms with E-state index < -0.39 is 14.2 Å². The van der Waals surface area contributed by atoms with E-state index in [2.05, 4.69) is 24.6 Å². The van der Waals surface area contributed by atoms with Crippen molar-refractivity contribution < 1.29 is 19.4 Å². The molecule has 1 amide bonds. The molecule has 0 unspecified atom stereocenters. The van der Waals surface area contributed by atoms with Gasteiger partial charge in [-0.05, 0) is 25.0 Å². The predicted molar refractivity (Wildman–Crippen MR) is 133 cm³/mol. The number of ether oxygens (including phenoxy) is 1. The van der Waals surface area contributed by atoms with Crippen molar-refractivity contribution >= 4 is 42.2 Å². The molecule has 1 fully saturated rings. The Morgan fingerprint density at radius 1 is 1.21 bits per heavy atom. The first-order valence-electron chi connectivity index (χ1n) is 11.4. The number of carbonyl (C=O) groups excluding carboxylic acids is 1. The van der Waals surface area contributed by atoms with Gasteiger partial charge >= 0.3 is 6.09 Å². The molecule has 0 aliphatic carbocycles. The summed E-state index contributed by atoms with van der Waals surface area (Å²) in [6.45, 7) is 9.14. The molecule has 3 aromatic rings. The first-order chi connectivity index (χ1) is 15.7. The van der Waals surface area contributed by atoms with Crippen molar-refractivity contribution in [2.24, 2.45) is 0 Å². The number of aromatic nitrogens is 2. The Labute approximate surface area is 199 Å². The molecule has 0 spiro atoms. The summed E-state index contributed by atoms with van der Waals surface area (Å²) in [4.78, 5) is 30.6. The Balaban J connectivity index is 1.49. The van der Waals surface area contributed by atoms with Crippen molar-refractivity contribution in [2.45, 2.75) is 51.2 Å². The SMILES string of the molecule is C[Si](C)(C)CCOCn1cc(C(=O)c2nc(C3CCN(C(=O)O)CC3)cs2)c2ccccc21. The van der Waals surface area contributed by atoms with Crippen molar-refractivity contribution in [1.82, 2.24) is 14.5 Å². The standard InChI is InChI=1S/C24H31N3O4SSi/c1-33(2,3)13-12-31-16-27-14-19(18-6-4-5-7-21(18)27)22(28)23-25-20(15-32-23)17-8-10-26(11-9-17)24(29)30/h4-7,14-15,17H,8-13,16H2,1-3H3,(H,29,30). The summed E-state index contributed by atoms with van der Waals surface area (Å²) < 4.78 is 7.94. The zero-order chi connectivity index (χ0) is 23.6. The molecule has 1 aliphatic heterocycles. The minimum atomic E-state index is -1.15. The van der Waals surface area contributed by atoms with E-state index in [4.69, 9.17) is 9.84 Å². The number of para-hydroxylation sites is 1. The maximum Gasteiger partial charge on any atom is 0.407 e. The molecular weight excluding hydrogens is 454 g/mol. The summed E-state index contributed by atoms with van der Waals surface area (Å²) >= 11 is 1.37. The van der Waals surface area contributed by atoms with Gasteiger partial charge in [0.05, 0.1) is 16.8 Å². The number of benzene rings is 1. The maximum absolute atomic E-state index is 13.4. The first-order valence-corrected chi connectivity index (χ1v) is 16.0. The second-order valence-corrected chi connectivity index (χ2v) is 16.3. The Morgan fingerprint density at radius 2 is 1.94 bits per heavy atom. The Kier molecular flexibility index (Phi) is 7.01. The molecule has 0 bridgehead atoms. The third kappa shape index (κ3) is 5.54. The smallest absolute Gasteiger partial charge is 0.407 e. The van der Waals surface area contributed by atoms with Crippen molar-refractivity contribution in [3.05, 3.63) is 52.1 Å². The van der Waals surface area contributed by atoms with Crippen LogP contribution in [-0.2, 0) is 11.5 Å². The lowest BCUT2D eigenvalue weighted by Crippen LogP contribution is -2.36. The van der Waals surface area contributed by atoms with E-state index in [1.54, 1.807) is 0 Å². The number of thiazole rings is 1. The summed E-state index contributed by atoms with van der Waals surface area (Å²) in [6, 6.07) is 9.00. The van der Waals surface area contributed by atoms with E-state index >= 15 is 0 Å². The second-order valence-electron chi connectivity index (χ2n) is 9.83. The maximum atomic E-state index is 13.4. The Morgan fingerprint density at radius 3 is 2.64 bits per heavy atom. The van der Waals surface area contributed by atoms with E-state index in [1.807, 2.05) is 40.4 Å². The molecule has 1 aliphatic rings. The van der Waals surface area contributed by atoms with Crippen LogP contribution in [0.3, 0.4) is 0 Å². The van der Waals surface area contributed by atoms with Gasteiger partial charge in [0.25, 0.3) is 0 Å². The summed E-state index contributed by atoms with van der Waals surface area (Å²) in [6.07, 6.45) is 2.48. The normalized spacial score (nSPS) is 15.3. The number of amides is 1. The molecule has 3 heterocycles. The average molecular weight is 486 g/mol. The van der Waals surface area contributed by atoms with Crippen LogP contribution in [0.25, 0.3) is 10.9 Å². The molecule has 4 rings (SSSR count). The fourth-order valence-corrected chi connectivity index (χ4v) is 5.74. The molecule has 1 aromatic carbocycles. The highest BCUT2D eigenvalue weighted by atomic mass is 32.1. The van der Waals surface area contributed by atoms with Crippen molar-refractivity contribution in [2.75, 3.05) is 19.7 Å². The van der Waals surface area contributed by atoms with Gasteiger partial charge in [-0.2, -0.15) is 0 Å². The van der Waals surface area contributed by atoms with Gasteiger partial charge < -0.3 is 19.3 Å². The lowest BCUT2D eigenvalue weighted by Gasteiger charge is -2.28. The number of piperidine rings is 1. The van der Waals surface area contributed by atoms with E-state index in [0.29, 0.717) is 30.4 Å². The molecule has 0 atom stereocenters. The van der Waals surface area contributed by atoms with Crippen LogP contribution in [0.4, 0.5) is 4.79 Å². The number of nitrogens with zero attached hydrogens (tertiary/aromatic N) is 3. The van der Waals surface area contributed by atoms with Crippen LogP contribution in [0.5, 0.6) is 0 Å². The van der Waals surface area contributed by atoms with Crippen molar-refractivity contribution in [3.63, 3.8) is 0 Å².